The number of rotatable bonds is 2. The number of hydrogen-bond donors (Lipinski definition) is 1. The van der Waals surface area contributed by atoms with Crippen molar-refractivity contribution < 1.29 is 14.5 Å². The van der Waals surface area contributed by atoms with Gasteiger partial charge in [-0.25, -0.2) is 0 Å². The second-order valence-electron chi connectivity index (χ2n) is 4.03. The predicted molar refractivity (Wildman–Crippen MR) is 66.6 cm³/mol. The van der Waals surface area contributed by atoms with E-state index in [-0.39, 0.29) is 17.3 Å². The maximum absolute atomic E-state index is 11.2. The lowest BCUT2D eigenvalue weighted by Crippen LogP contribution is -2.35. The number of nitrogens with one attached hydrogen (secondary N) is 1. The normalized spacial score (nSPS) is 17.0. The molecule has 1 aromatic rings. The van der Waals surface area contributed by atoms with Crippen molar-refractivity contribution in [3.05, 3.63) is 57.1 Å². The smallest absolute Gasteiger partial charge is 0.325 e. The van der Waals surface area contributed by atoms with Crippen molar-refractivity contribution in [2.24, 2.45) is 0 Å². The fourth-order valence-corrected chi connectivity index (χ4v) is 2.04. The molecule has 7 heteroatoms. The number of nitrogens with zero attached hydrogens (tertiary/aromatic N) is 3. The van der Waals surface area contributed by atoms with Crippen LogP contribution in [0.15, 0.2) is 30.3 Å². The van der Waals surface area contributed by atoms with Crippen LogP contribution in [-0.4, -0.2) is 21.3 Å². The summed E-state index contributed by atoms with van der Waals surface area (Å²) >= 11 is 0. The first-order valence-corrected chi connectivity index (χ1v) is 5.49. The third-order valence-corrected chi connectivity index (χ3v) is 2.79. The van der Waals surface area contributed by atoms with Gasteiger partial charge in [-0.1, -0.05) is 18.2 Å². The van der Waals surface area contributed by atoms with Crippen LogP contribution in [-0.2, 0) is 4.79 Å². The lowest BCUT2D eigenvalue weighted by molar-refractivity contribution is -0.375. The highest BCUT2D eigenvalue weighted by Gasteiger charge is 2.37. The van der Waals surface area contributed by atoms with Gasteiger partial charge in [-0.15, -0.1) is 0 Å². The van der Waals surface area contributed by atoms with Crippen LogP contribution >= 0.6 is 0 Å². The lowest BCUT2D eigenvalue weighted by Gasteiger charge is -2.19. The number of hydrogen-bond acceptors (Lipinski definition) is 3. The van der Waals surface area contributed by atoms with Crippen molar-refractivity contribution >= 4 is 17.3 Å². The van der Waals surface area contributed by atoms with Gasteiger partial charge >= 0.3 is 5.71 Å². The molecule has 0 radical (unpaired) electrons. The summed E-state index contributed by atoms with van der Waals surface area (Å²) in [5.41, 5.74) is 9.76. The number of amides is 1. The second-order valence-corrected chi connectivity index (χ2v) is 4.03. The van der Waals surface area contributed by atoms with Gasteiger partial charge in [0.2, 0.25) is 5.91 Å². The van der Waals surface area contributed by atoms with Crippen LogP contribution in [0.3, 0.4) is 0 Å². The van der Waals surface area contributed by atoms with Gasteiger partial charge in [0.1, 0.15) is 6.08 Å². The van der Waals surface area contributed by atoms with Gasteiger partial charge in [0, 0.05) is 12.5 Å². The zero-order valence-electron chi connectivity index (χ0n) is 10.0. The average molecular weight is 258 g/mol. The van der Waals surface area contributed by atoms with Crippen LogP contribution in [0.2, 0.25) is 0 Å². The molecule has 1 aliphatic carbocycles. The van der Waals surface area contributed by atoms with E-state index in [1.807, 2.05) is 0 Å². The second kappa shape index (κ2) is 4.83. The molecule has 1 atom stereocenters. The minimum atomic E-state index is -0.692. The van der Waals surface area contributed by atoms with E-state index in [2.05, 4.69) is 10.1 Å². The minimum Gasteiger partial charge on any atom is -0.361 e. The highest BCUT2D eigenvalue weighted by molar-refractivity contribution is 6.05. The van der Waals surface area contributed by atoms with Crippen molar-refractivity contribution in [1.29, 1.82) is 0 Å². The van der Waals surface area contributed by atoms with Crippen molar-refractivity contribution in [1.82, 2.24) is 5.32 Å². The Morgan fingerprint density at radius 3 is 2.74 bits per heavy atom. The van der Waals surface area contributed by atoms with Gasteiger partial charge in [0.15, 0.2) is 6.04 Å². The Morgan fingerprint density at radius 1 is 1.47 bits per heavy atom. The van der Waals surface area contributed by atoms with Gasteiger partial charge in [-0.3, -0.25) is 14.9 Å². The third kappa shape index (κ3) is 2.27. The van der Waals surface area contributed by atoms with Crippen molar-refractivity contribution in [2.75, 3.05) is 0 Å². The fraction of sp³-hybridized carbons (Fsp3) is 0.167. The van der Waals surface area contributed by atoms with E-state index in [1.165, 1.54) is 6.92 Å². The van der Waals surface area contributed by atoms with E-state index >= 15 is 0 Å². The number of carbonyl (C=O) groups excluding carboxylic acids is 1. The zero-order chi connectivity index (χ0) is 14.0. The van der Waals surface area contributed by atoms with Gasteiger partial charge < -0.3 is 10.8 Å². The molecule has 0 aliphatic heterocycles. The highest BCUT2D eigenvalue weighted by Crippen LogP contribution is 2.31. The first-order valence-electron chi connectivity index (χ1n) is 5.49. The summed E-state index contributed by atoms with van der Waals surface area (Å²) in [6.07, 6.45) is 1.16. The molecule has 96 valence electrons. The van der Waals surface area contributed by atoms with E-state index in [1.54, 1.807) is 24.3 Å². The molecule has 7 nitrogen and oxygen atoms in total. The van der Waals surface area contributed by atoms with E-state index in [9.17, 15) is 14.9 Å². The van der Waals surface area contributed by atoms with Crippen LogP contribution in [0.5, 0.6) is 0 Å². The van der Waals surface area contributed by atoms with Crippen LogP contribution in [0.4, 0.5) is 0 Å². The highest BCUT2D eigenvalue weighted by atomic mass is 16.6. The van der Waals surface area contributed by atoms with E-state index in [0.717, 1.165) is 6.08 Å². The number of nitro groups is 1. The Hall–Kier alpha value is -2.79. The summed E-state index contributed by atoms with van der Waals surface area (Å²) < 4.78 is 0. The first kappa shape index (κ1) is 12.7. The summed E-state index contributed by atoms with van der Waals surface area (Å²) in [4.78, 5) is 24.7. The van der Waals surface area contributed by atoms with Crippen LogP contribution < -0.4 is 5.32 Å². The number of fused-ring (bicyclic) bond motifs is 1. The maximum Gasteiger partial charge on any atom is 0.325 e. The summed E-state index contributed by atoms with van der Waals surface area (Å²) in [6.45, 7) is 1.32. The lowest BCUT2D eigenvalue weighted by atomic mass is 9.89. The molecule has 0 aromatic heterocycles. The van der Waals surface area contributed by atoms with Gasteiger partial charge in [-0.05, 0) is 6.07 Å². The molecule has 0 saturated carbocycles. The van der Waals surface area contributed by atoms with Crippen molar-refractivity contribution in [3.8, 4) is 0 Å². The van der Waals surface area contributed by atoms with E-state index in [0.29, 0.717) is 11.1 Å². The Labute approximate surface area is 108 Å². The molecule has 0 bridgehead atoms. The fourth-order valence-electron chi connectivity index (χ4n) is 2.04. The molecule has 0 fully saturated rings. The molecule has 1 unspecified atom stereocenters. The standard InChI is InChI=1S/C12H10N4O3/c1-7(17)14-12-9-5-3-2-4-8(9)11(16(18)19)6-10(12)15-13/h2-6,12H,1H3,(H,14,17). The van der Waals surface area contributed by atoms with Crippen LogP contribution in [0.25, 0.3) is 11.2 Å². The van der Waals surface area contributed by atoms with Crippen LogP contribution in [0.1, 0.15) is 24.1 Å². The molecule has 0 spiro atoms. The molecule has 1 aromatic carbocycles. The monoisotopic (exact) mass is 258 g/mol. The van der Waals surface area contributed by atoms with E-state index in [4.69, 9.17) is 5.53 Å². The zero-order valence-corrected chi connectivity index (χ0v) is 10.0. The Balaban J connectivity index is 2.64. The maximum atomic E-state index is 11.2. The topological polar surface area (TPSA) is 109 Å². The van der Waals surface area contributed by atoms with Crippen LogP contribution in [0, 0.1) is 10.1 Å². The molecule has 0 saturated heterocycles. The summed E-state index contributed by atoms with van der Waals surface area (Å²) in [5.74, 6) is -0.320. The first-order chi connectivity index (χ1) is 9.04. The van der Waals surface area contributed by atoms with Gasteiger partial charge in [-0.2, -0.15) is 4.79 Å². The summed E-state index contributed by atoms with van der Waals surface area (Å²) in [7, 11) is 0. The molecule has 0 heterocycles. The molecular weight excluding hydrogens is 248 g/mol. The molecule has 1 amide bonds. The Morgan fingerprint density at radius 2 is 2.16 bits per heavy atom. The Kier molecular flexibility index (Phi) is 3.22. The van der Waals surface area contributed by atoms with E-state index < -0.39 is 11.0 Å². The summed E-state index contributed by atoms with van der Waals surface area (Å²) in [6, 6.07) is 5.92. The average Bonchev–Trinajstić information content (AvgIpc) is 2.38. The molecule has 1 aliphatic rings. The quantitative estimate of drug-likeness (QED) is 0.372. The van der Waals surface area contributed by atoms with Gasteiger partial charge in [0.25, 0.3) is 5.70 Å². The number of benzene rings is 1. The summed E-state index contributed by atoms with van der Waals surface area (Å²) in [5, 5.41) is 13.6. The SMILES string of the molecule is CC(=O)NC1C(=[N+]=[N-])C=C([N+](=O)[O-])c2ccccc21. The van der Waals surface area contributed by atoms with Gasteiger partial charge in [0.05, 0.1) is 10.5 Å². The largest absolute Gasteiger partial charge is 0.361 e. The Bertz CT molecular complexity index is 644. The number of carbonyl (C=O) groups is 1. The molecule has 19 heavy (non-hydrogen) atoms. The molecular formula is C12H10N4O3. The molecule has 2 rings (SSSR count). The predicted octanol–water partition coefficient (Wildman–Crippen LogP) is 1.17. The van der Waals surface area contributed by atoms with Crippen molar-refractivity contribution in [3.63, 3.8) is 0 Å². The third-order valence-electron chi connectivity index (χ3n) is 2.79. The molecule has 1 N–H and O–H groups in total. The minimum absolute atomic E-state index is 0.0283. The van der Waals surface area contributed by atoms with Crippen molar-refractivity contribution in [2.45, 2.75) is 13.0 Å².